The number of para-hydroxylation sites is 1. The molecule has 0 aliphatic heterocycles. The topological polar surface area (TPSA) is 4.93 Å². The monoisotopic (exact) mass is 273 g/mol. The van der Waals surface area contributed by atoms with Crippen LogP contribution in [0, 0.1) is 12.3 Å². The largest absolute Gasteiger partial charge is 0.349 e. The number of rotatable bonds is 1. The second kappa shape index (κ2) is 3.15. The molecule has 0 N–H and O–H groups in total. The van der Waals surface area contributed by atoms with Crippen molar-refractivity contribution in [1.82, 2.24) is 4.57 Å². The average Bonchev–Trinajstić information content (AvgIpc) is 2.99. The van der Waals surface area contributed by atoms with Gasteiger partial charge in [-0.2, -0.15) is 0 Å². The first-order valence-corrected chi connectivity index (χ1v) is 6.19. The van der Waals surface area contributed by atoms with E-state index in [0.717, 1.165) is 17.3 Å². The summed E-state index contributed by atoms with van der Waals surface area (Å²) in [5.41, 5.74) is 2.56. The first-order valence-electron chi connectivity index (χ1n) is 5.40. The molecule has 1 saturated carbocycles. The van der Waals surface area contributed by atoms with Gasteiger partial charge in [0, 0.05) is 23.1 Å². The number of benzene rings is 1. The molecule has 1 fully saturated rings. The summed E-state index contributed by atoms with van der Waals surface area (Å²) in [5.74, 6) is 2.97. The van der Waals surface area contributed by atoms with Crippen molar-refractivity contribution in [2.24, 2.45) is 7.05 Å². The predicted octanol–water partition coefficient (Wildman–Crippen LogP) is 3.61. The Morgan fingerprint density at radius 3 is 2.81 bits per heavy atom. The van der Waals surface area contributed by atoms with E-state index in [9.17, 15) is 0 Å². The quantitative estimate of drug-likeness (QED) is 0.700. The van der Waals surface area contributed by atoms with Crippen molar-refractivity contribution in [2.45, 2.75) is 18.3 Å². The van der Waals surface area contributed by atoms with Crippen LogP contribution in [0.15, 0.2) is 28.9 Å². The van der Waals surface area contributed by atoms with Crippen LogP contribution < -0.4 is 0 Å². The summed E-state index contributed by atoms with van der Waals surface area (Å²) in [7, 11) is 2.07. The summed E-state index contributed by atoms with van der Waals surface area (Å²) in [4.78, 5) is 0. The number of nitrogens with zero attached hydrogens (tertiary/aromatic N) is 1. The molecule has 2 aromatic rings. The van der Waals surface area contributed by atoms with Gasteiger partial charge in [-0.3, -0.25) is 0 Å². The third kappa shape index (κ3) is 1.18. The van der Waals surface area contributed by atoms with Crippen LogP contribution in [0.5, 0.6) is 0 Å². The minimum Gasteiger partial charge on any atom is -0.349 e. The van der Waals surface area contributed by atoms with Gasteiger partial charge in [0.05, 0.1) is 10.9 Å². The number of aryl methyl sites for hydroxylation is 1. The van der Waals surface area contributed by atoms with E-state index in [-0.39, 0.29) is 5.41 Å². The molecular formula is C14H12BrN. The maximum absolute atomic E-state index is 5.67. The highest BCUT2D eigenvalue weighted by atomic mass is 79.9. The Hall–Kier alpha value is -1.20. The standard InChI is InChI=1S/C14H12BrN/c1-3-14(7-8-14)11-9-16(2)13-10(11)5-4-6-12(13)15/h1,4-6,9H,7-8H2,2H3. The summed E-state index contributed by atoms with van der Waals surface area (Å²) >= 11 is 3.60. The number of terminal acetylenes is 1. The van der Waals surface area contributed by atoms with Crippen molar-refractivity contribution in [3.8, 4) is 12.3 Å². The molecule has 1 aromatic carbocycles. The second-order valence-electron chi connectivity index (χ2n) is 4.52. The summed E-state index contributed by atoms with van der Waals surface area (Å²) in [5, 5.41) is 1.28. The summed E-state index contributed by atoms with van der Waals surface area (Å²) in [6.07, 6.45) is 10.1. The third-order valence-electron chi connectivity index (χ3n) is 3.49. The molecule has 0 atom stereocenters. The van der Waals surface area contributed by atoms with Crippen LogP contribution in [-0.4, -0.2) is 4.57 Å². The van der Waals surface area contributed by atoms with Gasteiger partial charge < -0.3 is 4.57 Å². The van der Waals surface area contributed by atoms with Crippen molar-refractivity contribution in [1.29, 1.82) is 0 Å². The highest BCUT2D eigenvalue weighted by Gasteiger charge is 2.44. The fraction of sp³-hybridized carbons (Fsp3) is 0.286. The van der Waals surface area contributed by atoms with Gasteiger partial charge in [0.25, 0.3) is 0 Å². The van der Waals surface area contributed by atoms with Gasteiger partial charge in [0.2, 0.25) is 0 Å². The Kier molecular flexibility index (Phi) is 1.96. The van der Waals surface area contributed by atoms with E-state index in [1.54, 1.807) is 0 Å². The van der Waals surface area contributed by atoms with Gasteiger partial charge in [-0.25, -0.2) is 0 Å². The minimum absolute atomic E-state index is 0.0142. The lowest BCUT2D eigenvalue weighted by molar-refractivity contribution is 0.901. The van der Waals surface area contributed by atoms with Gasteiger partial charge in [0.1, 0.15) is 0 Å². The predicted molar refractivity (Wildman–Crippen MR) is 70.4 cm³/mol. The minimum atomic E-state index is 0.0142. The number of aromatic nitrogens is 1. The molecule has 0 radical (unpaired) electrons. The Labute approximate surface area is 104 Å². The third-order valence-corrected chi connectivity index (χ3v) is 4.13. The van der Waals surface area contributed by atoms with Crippen LogP contribution >= 0.6 is 15.9 Å². The van der Waals surface area contributed by atoms with Crippen LogP contribution in [0.1, 0.15) is 18.4 Å². The fourth-order valence-electron chi connectivity index (χ4n) is 2.42. The molecule has 0 saturated heterocycles. The van der Waals surface area contributed by atoms with Crippen LogP contribution in [0.3, 0.4) is 0 Å². The smallest absolute Gasteiger partial charge is 0.0625 e. The van der Waals surface area contributed by atoms with E-state index in [1.807, 2.05) is 0 Å². The molecule has 1 aliphatic rings. The van der Waals surface area contributed by atoms with E-state index >= 15 is 0 Å². The molecule has 2 heteroatoms. The van der Waals surface area contributed by atoms with Crippen LogP contribution in [0.25, 0.3) is 10.9 Å². The Balaban J connectivity index is 2.37. The number of fused-ring (bicyclic) bond motifs is 1. The van der Waals surface area contributed by atoms with E-state index in [4.69, 9.17) is 6.42 Å². The zero-order valence-corrected chi connectivity index (χ0v) is 10.7. The first-order chi connectivity index (χ1) is 7.68. The Morgan fingerprint density at radius 2 is 2.19 bits per heavy atom. The van der Waals surface area contributed by atoms with Crippen LogP contribution in [0.2, 0.25) is 0 Å². The maximum Gasteiger partial charge on any atom is 0.0625 e. The van der Waals surface area contributed by atoms with Gasteiger partial charge in [-0.15, -0.1) is 6.42 Å². The first kappa shape index (κ1) is 9.99. The summed E-state index contributed by atoms with van der Waals surface area (Å²) in [6.45, 7) is 0. The molecule has 0 bridgehead atoms. The van der Waals surface area contributed by atoms with Gasteiger partial charge >= 0.3 is 0 Å². The van der Waals surface area contributed by atoms with Crippen molar-refractivity contribution in [3.05, 3.63) is 34.4 Å². The average molecular weight is 274 g/mol. The Bertz CT molecular complexity index is 611. The summed E-state index contributed by atoms with van der Waals surface area (Å²) in [6, 6.07) is 6.30. The number of halogens is 1. The van der Waals surface area contributed by atoms with E-state index in [2.05, 4.69) is 57.9 Å². The highest BCUT2D eigenvalue weighted by Crippen LogP contribution is 2.50. The zero-order valence-electron chi connectivity index (χ0n) is 9.13. The van der Waals surface area contributed by atoms with Crippen molar-refractivity contribution in [3.63, 3.8) is 0 Å². The molecule has 0 amide bonds. The van der Waals surface area contributed by atoms with Crippen molar-refractivity contribution in [2.75, 3.05) is 0 Å². The molecule has 0 spiro atoms. The molecule has 80 valence electrons. The van der Waals surface area contributed by atoms with Crippen LogP contribution in [0.4, 0.5) is 0 Å². The molecule has 1 aliphatic carbocycles. The normalized spacial score (nSPS) is 17.3. The Morgan fingerprint density at radius 1 is 1.44 bits per heavy atom. The van der Waals surface area contributed by atoms with Crippen molar-refractivity contribution < 1.29 is 0 Å². The van der Waals surface area contributed by atoms with E-state index < -0.39 is 0 Å². The van der Waals surface area contributed by atoms with E-state index in [0.29, 0.717) is 0 Å². The SMILES string of the molecule is C#CC1(c2cn(C)c3c(Br)cccc23)CC1. The van der Waals surface area contributed by atoms with Crippen LogP contribution in [-0.2, 0) is 12.5 Å². The molecule has 3 rings (SSSR count). The molecular weight excluding hydrogens is 262 g/mol. The van der Waals surface area contributed by atoms with Gasteiger partial charge in [-0.1, -0.05) is 18.1 Å². The highest BCUT2D eigenvalue weighted by molar-refractivity contribution is 9.10. The second-order valence-corrected chi connectivity index (χ2v) is 5.37. The molecule has 1 aromatic heterocycles. The zero-order chi connectivity index (χ0) is 11.3. The van der Waals surface area contributed by atoms with E-state index in [1.165, 1.54) is 16.5 Å². The lowest BCUT2D eigenvalue weighted by Gasteiger charge is -2.05. The lowest BCUT2D eigenvalue weighted by atomic mass is 9.97. The molecule has 1 nitrogen and oxygen atoms in total. The fourth-order valence-corrected chi connectivity index (χ4v) is 3.06. The van der Waals surface area contributed by atoms with Gasteiger partial charge in [0.15, 0.2) is 0 Å². The lowest BCUT2D eigenvalue weighted by Crippen LogP contribution is -2.00. The molecule has 0 unspecified atom stereocenters. The molecule has 16 heavy (non-hydrogen) atoms. The summed E-state index contributed by atoms with van der Waals surface area (Å²) < 4.78 is 3.29. The maximum atomic E-state index is 5.67. The number of hydrogen-bond donors (Lipinski definition) is 0. The molecule has 1 heterocycles. The van der Waals surface area contributed by atoms with Crippen molar-refractivity contribution >= 4 is 26.8 Å². The van der Waals surface area contributed by atoms with Gasteiger partial charge in [-0.05, 0) is 40.4 Å². The number of hydrogen-bond acceptors (Lipinski definition) is 0.